The van der Waals surface area contributed by atoms with Gasteiger partial charge in [-0.1, -0.05) is 23.2 Å². The molecule has 0 atom stereocenters. The van der Waals surface area contributed by atoms with E-state index >= 15 is 0 Å². The number of hydrogen-bond acceptors (Lipinski definition) is 4. The van der Waals surface area contributed by atoms with E-state index in [9.17, 15) is 4.39 Å². The molecule has 0 aliphatic carbocycles. The third-order valence-corrected chi connectivity index (χ3v) is 3.71. The number of halogens is 3. The van der Waals surface area contributed by atoms with Gasteiger partial charge in [-0.25, -0.2) is 9.37 Å². The molecule has 4 nitrogen and oxygen atoms in total. The fourth-order valence-electron chi connectivity index (χ4n) is 2.08. The second kappa shape index (κ2) is 7.03. The van der Waals surface area contributed by atoms with Gasteiger partial charge in [0.25, 0.3) is 0 Å². The topological polar surface area (TPSA) is 49.8 Å². The summed E-state index contributed by atoms with van der Waals surface area (Å²) in [5.74, 6) is 0.663. The first-order valence-corrected chi connectivity index (χ1v) is 7.85. The number of aromatic nitrogens is 2. The van der Waals surface area contributed by atoms with Crippen molar-refractivity contribution in [3.05, 3.63) is 70.1 Å². The fourth-order valence-corrected chi connectivity index (χ4v) is 2.42. The van der Waals surface area contributed by atoms with Crippen molar-refractivity contribution in [3.63, 3.8) is 0 Å². The zero-order chi connectivity index (χ0) is 17.1. The van der Waals surface area contributed by atoms with Crippen LogP contribution in [0.1, 0.15) is 5.69 Å². The summed E-state index contributed by atoms with van der Waals surface area (Å²) in [4.78, 5) is 8.72. The largest absolute Gasteiger partial charge is 0.340 e. The third-order valence-electron chi connectivity index (χ3n) is 3.15. The summed E-state index contributed by atoms with van der Waals surface area (Å²) < 4.78 is 13.0. The number of hydrogen-bond donors (Lipinski definition) is 2. The Morgan fingerprint density at radius 2 is 1.67 bits per heavy atom. The van der Waals surface area contributed by atoms with Gasteiger partial charge in [0, 0.05) is 22.5 Å². The number of nitrogens with zero attached hydrogens (tertiary/aromatic N) is 2. The van der Waals surface area contributed by atoms with Crippen LogP contribution in [0.25, 0.3) is 0 Å². The van der Waals surface area contributed by atoms with Crippen LogP contribution in [0.5, 0.6) is 0 Å². The molecule has 2 aromatic carbocycles. The van der Waals surface area contributed by atoms with Crippen molar-refractivity contribution in [1.82, 2.24) is 9.97 Å². The average molecular weight is 363 g/mol. The van der Waals surface area contributed by atoms with Crippen LogP contribution in [0.4, 0.5) is 27.5 Å². The SMILES string of the molecule is Cc1cc(Nc2ccc(F)cc2)nc(Nc2cc(Cl)ccc2Cl)n1. The highest BCUT2D eigenvalue weighted by Crippen LogP contribution is 2.28. The second-order valence-electron chi connectivity index (χ2n) is 5.10. The van der Waals surface area contributed by atoms with Crippen molar-refractivity contribution in [3.8, 4) is 0 Å². The zero-order valence-corrected chi connectivity index (χ0v) is 14.2. The molecular formula is C17H13Cl2FN4. The Balaban J connectivity index is 1.85. The molecule has 1 aromatic heterocycles. The monoisotopic (exact) mass is 362 g/mol. The molecule has 3 aromatic rings. The average Bonchev–Trinajstić information content (AvgIpc) is 2.53. The summed E-state index contributed by atoms with van der Waals surface area (Å²) in [5.41, 5.74) is 2.10. The number of benzene rings is 2. The van der Waals surface area contributed by atoms with E-state index in [-0.39, 0.29) is 5.82 Å². The minimum absolute atomic E-state index is 0.294. The van der Waals surface area contributed by atoms with Crippen molar-refractivity contribution in [1.29, 1.82) is 0 Å². The van der Waals surface area contributed by atoms with Crippen LogP contribution in [0.3, 0.4) is 0 Å². The molecule has 0 saturated carbocycles. The highest BCUT2D eigenvalue weighted by molar-refractivity contribution is 6.35. The summed E-state index contributed by atoms with van der Waals surface area (Å²) in [7, 11) is 0. The molecule has 0 aliphatic rings. The molecular weight excluding hydrogens is 350 g/mol. The first kappa shape index (κ1) is 16.5. The molecule has 0 radical (unpaired) electrons. The molecule has 0 fully saturated rings. The van der Waals surface area contributed by atoms with Gasteiger partial charge < -0.3 is 10.6 Å². The highest BCUT2D eigenvalue weighted by atomic mass is 35.5. The summed E-state index contributed by atoms with van der Waals surface area (Å²) in [5, 5.41) is 7.22. The van der Waals surface area contributed by atoms with Crippen molar-refractivity contribution >= 4 is 46.3 Å². The smallest absolute Gasteiger partial charge is 0.229 e. The van der Waals surface area contributed by atoms with Crippen LogP contribution in [0, 0.1) is 12.7 Å². The van der Waals surface area contributed by atoms with Crippen molar-refractivity contribution in [2.24, 2.45) is 0 Å². The van der Waals surface area contributed by atoms with E-state index in [4.69, 9.17) is 23.2 Å². The maximum absolute atomic E-state index is 13.0. The van der Waals surface area contributed by atoms with Crippen molar-refractivity contribution < 1.29 is 4.39 Å². The molecule has 2 N–H and O–H groups in total. The third kappa shape index (κ3) is 4.13. The van der Waals surface area contributed by atoms with Crippen LogP contribution in [-0.2, 0) is 0 Å². The predicted molar refractivity (Wildman–Crippen MR) is 96.2 cm³/mol. The Morgan fingerprint density at radius 1 is 0.917 bits per heavy atom. The molecule has 1 heterocycles. The van der Waals surface area contributed by atoms with Gasteiger partial charge in [0.15, 0.2) is 0 Å². The van der Waals surface area contributed by atoms with Gasteiger partial charge in [0.1, 0.15) is 11.6 Å². The second-order valence-corrected chi connectivity index (χ2v) is 5.94. The minimum Gasteiger partial charge on any atom is -0.340 e. The first-order valence-electron chi connectivity index (χ1n) is 7.10. The number of anilines is 4. The number of nitrogens with one attached hydrogen (secondary N) is 2. The van der Waals surface area contributed by atoms with E-state index in [1.165, 1.54) is 12.1 Å². The quantitative estimate of drug-likeness (QED) is 0.623. The molecule has 24 heavy (non-hydrogen) atoms. The van der Waals surface area contributed by atoms with Gasteiger partial charge in [-0.2, -0.15) is 4.98 Å². The van der Waals surface area contributed by atoms with Crippen molar-refractivity contribution in [2.45, 2.75) is 6.92 Å². The Kier molecular flexibility index (Phi) is 4.83. The Morgan fingerprint density at radius 3 is 2.42 bits per heavy atom. The summed E-state index contributed by atoms with van der Waals surface area (Å²) >= 11 is 12.1. The van der Waals surface area contributed by atoms with E-state index < -0.39 is 0 Å². The lowest BCUT2D eigenvalue weighted by Crippen LogP contribution is -2.02. The number of aryl methyl sites for hydroxylation is 1. The Labute approximate surface area is 148 Å². The molecule has 0 amide bonds. The zero-order valence-electron chi connectivity index (χ0n) is 12.6. The van der Waals surface area contributed by atoms with Gasteiger partial charge in [-0.3, -0.25) is 0 Å². The van der Waals surface area contributed by atoms with Gasteiger partial charge >= 0.3 is 0 Å². The summed E-state index contributed by atoms with van der Waals surface area (Å²) in [6, 6.07) is 12.9. The summed E-state index contributed by atoms with van der Waals surface area (Å²) in [6.07, 6.45) is 0. The van der Waals surface area contributed by atoms with Crippen molar-refractivity contribution in [2.75, 3.05) is 10.6 Å². The summed E-state index contributed by atoms with van der Waals surface area (Å²) in [6.45, 7) is 1.85. The van der Waals surface area contributed by atoms with E-state index in [1.807, 2.05) is 6.92 Å². The molecule has 0 unspecified atom stereocenters. The molecule has 3 rings (SSSR count). The van der Waals surface area contributed by atoms with Crippen LogP contribution in [0.15, 0.2) is 48.5 Å². The van der Waals surface area contributed by atoms with E-state index in [2.05, 4.69) is 20.6 Å². The number of rotatable bonds is 4. The van der Waals surface area contributed by atoms with Crippen LogP contribution in [0.2, 0.25) is 10.0 Å². The molecule has 0 spiro atoms. The molecule has 0 saturated heterocycles. The van der Waals surface area contributed by atoms with Gasteiger partial charge in [0.05, 0.1) is 10.7 Å². The lowest BCUT2D eigenvalue weighted by Gasteiger charge is -2.11. The predicted octanol–water partition coefficient (Wildman–Crippen LogP) is 5.72. The van der Waals surface area contributed by atoms with E-state index in [1.54, 1.807) is 36.4 Å². The standard InChI is InChI=1S/C17H13Cl2FN4/c1-10-8-16(22-13-5-3-12(20)4-6-13)24-17(21-10)23-15-9-11(18)2-7-14(15)19/h2-9H,1H3,(H2,21,22,23,24). The van der Waals surface area contributed by atoms with E-state index in [0.29, 0.717) is 27.5 Å². The fraction of sp³-hybridized carbons (Fsp3) is 0.0588. The normalized spacial score (nSPS) is 10.5. The Hall–Kier alpha value is -2.37. The molecule has 122 valence electrons. The van der Waals surface area contributed by atoms with Gasteiger partial charge in [-0.05, 0) is 49.4 Å². The lowest BCUT2D eigenvalue weighted by atomic mass is 10.3. The van der Waals surface area contributed by atoms with Crippen LogP contribution in [-0.4, -0.2) is 9.97 Å². The van der Waals surface area contributed by atoms with Gasteiger partial charge in [0.2, 0.25) is 5.95 Å². The highest BCUT2D eigenvalue weighted by Gasteiger charge is 2.07. The minimum atomic E-state index is -0.294. The van der Waals surface area contributed by atoms with Crippen LogP contribution < -0.4 is 10.6 Å². The van der Waals surface area contributed by atoms with Crippen LogP contribution >= 0.6 is 23.2 Å². The maximum Gasteiger partial charge on any atom is 0.229 e. The molecule has 7 heteroatoms. The lowest BCUT2D eigenvalue weighted by molar-refractivity contribution is 0.628. The van der Waals surface area contributed by atoms with Gasteiger partial charge in [-0.15, -0.1) is 0 Å². The molecule has 0 aliphatic heterocycles. The first-order chi connectivity index (χ1) is 11.5. The van der Waals surface area contributed by atoms with E-state index in [0.717, 1.165) is 11.4 Å². The maximum atomic E-state index is 13.0. The molecule has 0 bridgehead atoms. The Bertz CT molecular complexity index is 869.